The van der Waals surface area contributed by atoms with Gasteiger partial charge < -0.3 is 14.2 Å². The second-order valence-electron chi connectivity index (χ2n) is 4.34. The van der Waals surface area contributed by atoms with E-state index in [0.29, 0.717) is 13.3 Å². The highest BCUT2D eigenvalue weighted by Crippen LogP contribution is 2.36. The first-order valence-corrected chi connectivity index (χ1v) is 6.93. The van der Waals surface area contributed by atoms with Crippen molar-refractivity contribution in [3.05, 3.63) is 46.2 Å². The number of thiophene rings is 1. The molecule has 4 rings (SSSR count). The molecule has 2 aliphatic heterocycles. The average Bonchev–Trinajstić information content (AvgIpc) is 3.18. The number of fused-ring (bicyclic) bond motifs is 1. The summed E-state index contributed by atoms with van der Waals surface area (Å²) in [6.45, 7) is 0.939. The van der Waals surface area contributed by atoms with Crippen molar-refractivity contribution in [2.24, 2.45) is 4.99 Å². The average molecular weight is 273 g/mol. The number of nitrogens with zero attached hydrogens (tertiary/aromatic N) is 1. The van der Waals surface area contributed by atoms with Crippen LogP contribution in [0, 0.1) is 0 Å². The zero-order valence-corrected chi connectivity index (χ0v) is 10.9. The fourth-order valence-corrected chi connectivity index (χ4v) is 2.87. The predicted molar refractivity (Wildman–Crippen MR) is 72.1 cm³/mol. The monoisotopic (exact) mass is 273 g/mol. The largest absolute Gasteiger partial charge is 0.467 e. The lowest BCUT2D eigenvalue weighted by Crippen LogP contribution is -2.05. The van der Waals surface area contributed by atoms with E-state index in [0.717, 1.165) is 27.8 Å². The lowest BCUT2D eigenvalue weighted by molar-refractivity contribution is 0.173. The van der Waals surface area contributed by atoms with Crippen molar-refractivity contribution in [3.63, 3.8) is 0 Å². The van der Waals surface area contributed by atoms with Gasteiger partial charge in [0.05, 0.1) is 11.4 Å². The van der Waals surface area contributed by atoms with Gasteiger partial charge in [0.25, 0.3) is 0 Å². The Labute approximate surface area is 114 Å². The molecule has 3 heterocycles. The van der Waals surface area contributed by atoms with E-state index in [1.807, 2.05) is 35.7 Å². The molecule has 1 unspecified atom stereocenters. The number of benzene rings is 1. The molecule has 4 nitrogen and oxygen atoms in total. The van der Waals surface area contributed by atoms with Gasteiger partial charge in [-0.1, -0.05) is 12.1 Å². The maximum absolute atomic E-state index is 5.92. The van der Waals surface area contributed by atoms with E-state index in [2.05, 4.69) is 4.99 Å². The Morgan fingerprint density at radius 3 is 3.00 bits per heavy atom. The van der Waals surface area contributed by atoms with Crippen LogP contribution in [0.25, 0.3) is 0 Å². The van der Waals surface area contributed by atoms with Gasteiger partial charge in [-0.15, -0.1) is 11.3 Å². The Kier molecular flexibility index (Phi) is 2.45. The van der Waals surface area contributed by atoms with Crippen LogP contribution in [0.1, 0.15) is 16.5 Å². The van der Waals surface area contributed by atoms with Gasteiger partial charge in [-0.2, -0.15) is 0 Å². The van der Waals surface area contributed by atoms with Crippen molar-refractivity contribution in [3.8, 4) is 11.5 Å². The van der Waals surface area contributed by atoms with E-state index < -0.39 is 0 Å². The Morgan fingerprint density at radius 2 is 2.11 bits per heavy atom. The molecule has 0 aliphatic carbocycles. The molecule has 0 saturated heterocycles. The van der Waals surface area contributed by atoms with Crippen molar-refractivity contribution in [1.29, 1.82) is 0 Å². The summed E-state index contributed by atoms with van der Waals surface area (Å²) < 4.78 is 16.6. The summed E-state index contributed by atoms with van der Waals surface area (Å²) in [4.78, 5) is 5.53. The first-order valence-electron chi connectivity index (χ1n) is 6.05. The van der Waals surface area contributed by atoms with Gasteiger partial charge >= 0.3 is 0 Å². The van der Waals surface area contributed by atoms with E-state index in [1.54, 1.807) is 11.3 Å². The zero-order chi connectivity index (χ0) is 12.7. The smallest absolute Gasteiger partial charge is 0.231 e. The maximum atomic E-state index is 5.92. The molecule has 2 aromatic rings. The van der Waals surface area contributed by atoms with Crippen LogP contribution in [-0.2, 0) is 4.74 Å². The summed E-state index contributed by atoms with van der Waals surface area (Å²) in [6, 6.07) is 9.92. The standard InChI is InChI=1S/C14H11NO3S/c1-2-13(19-5-1)14-15-7-12(18-14)9-3-4-10-11(6-9)17-8-16-10/h1-6,12H,7-8H2. The van der Waals surface area contributed by atoms with Crippen molar-refractivity contribution < 1.29 is 14.2 Å². The fourth-order valence-electron chi connectivity index (χ4n) is 2.20. The molecule has 2 aliphatic rings. The number of hydrogen-bond acceptors (Lipinski definition) is 5. The number of ether oxygens (including phenoxy) is 3. The molecule has 0 fully saturated rings. The van der Waals surface area contributed by atoms with E-state index in [9.17, 15) is 0 Å². The lowest BCUT2D eigenvalue weighted by atomic mass is 10.1. The van der Waals surface area contributed by atoms with Gasteiger partial charge in [-0.3, -0.25) is 0 Å². The van der Waals surface area contributed by atoms with Crippen LogP contribution in [0.2, 0.25) is 0 Å². The predicted octanol–water partition coefficient (Wildman–Crippen LogP) is 2.99. The maximum Gasteiger partial charge on any atom is 0.231 e. The Morgan fingerprint density at radius 1 is 1.16 bits per heavy atom. The van der Waals surface area contributed by atoms with Crippen molar-refractivity contribution in [1.82, 2.24) is 0 Å². The van der Waals surface area contributed by atoms with E-state index in [4.69, 9.17) is 14.2 Å². The van der Waals surface area contributed by atoms with Crippen LogP contribution in [0.4, 0.5) is 0 Å². The van der Waals surface area contributed by atoms with Crippen LogP contribution in [0.15, 0.2) is 40.7 Å². The van der Waals surface area contributed by atoms with E-state index in [-0.39, 0.29) is 6.10 Å². The second kappa shape index (κ2) is 4.28. The lowest BCUT2D eigenvalue weighted by Gasteiger charge is -2.11. The van der Waals surface area contributed by atoms with Gasteiger partial charge in [-0.05, 0) is 29.1 Å². The van der Waals surface area contributed by atoms with Crippen LogP contribution >= 0.6 is 11.3 Å². The molecular formula is C14H11NO3S. The van der Waals surface area contributed by atoms with Crippen molar-refractivity contribution >= 4 is 17.2 Å². The normalized spacial score (nSPS) is 20.2. The van der Waals surface area contributed by atoms with Crippen LogP contribution in [0.5, 0.6) is 11.5 Å². The second-order valence-corrected chi connectivity index (χ2v) is 5.29. The molecule has 1 aromatic carbocycles. The molecule has 0 amide bonds. The summed E-state index contributed by atoms with van der Waals surface area (Å²) in [5, 5.41) is 2.02. The summed E-state index contributed by atoms with van der Waals surface area (Å²) >= 11 is 1.64. The number of aliphatic imine (C=N–C) groups is 1. The minimum atomic E-state index is -0.0356. The Bertz CT molecular complexity index is 636. The van der Waals surface area contributed by atoms with Gasteiger partial charge in [0.2, 0.25) is 12.7 Å². The first-order chi connectivity index (χ1) is 9.40. The van der Waals surface area contributed by atoms with Crippen LogP contribution in [0.3, 0.4) is 0 Å². The molecular weight excluding hydrogens is 262 g/mol. The minimum absolute atomic E-state index is 0.0356. The highest BCUT2D eigenvalue weighted by molar-refractivity contribution is 7.12. The Balaban J connectivity index is 1.56. The molecule has 0 spiro atoms. The Hall–Kier alpha value is -2.01. The molecule has 0 radical (unpaired) electrons. The molecule has 0 bridgehead atoms. The topological polar surface area (TPSA) is 40.0 Å². The van der Waals surface area contributed by atoms with Crippen LogP contribution in [-0.4, -0.2) is 19.2 Å². The highest BCUT2D eigenvalue weighted by Gasteiger charge is 2.25. The highest BCUT2D eigenvalue weighted by atomic mass is 32.1. The summed E-state index contributed by atoms with van der Waals surface area (Å²) in [7, 11) is 0. The third kappa shape index (κ3) is 1.86. The molecule has 0 N–H and O–H groups in total. The molecule has 0 saturated carbocycles. The first kappa shape index (κ1) is 10.9. The van der Waals surface area contributed by atoms with Crippen LogP contribution < -0.4 is 9.47 Å². The van der Waals surface area contributed by atoms with E-state index >= 15 is 0 Å². The number of hydrogen-bond donors (Lipinski definition) is 0. The van der Waals surface area contributed by atoms with Crippen molar-refractivity contribution in [2.75, 3.05) is 13.3 Å². The minimum Gasteiger partial charge on any atom is -0.467 e. The van der Waals surface area contributed by atoms with Gasteiger partial charge in [0, 0.05) is 0 Å². The van der Waals surface area contributed by atoms with Gasteiger partial charge in [0.15, 0.2) is 11.5 Å². The SMILES string of the molecule is c1csc(C2=NCC(c3ccc4c(c3)OCO4)O2)c1. The molecule has 1 atom stereocenters. The third-order valence-electron chi connectivity index (χ3n) is 3.15. The molecule has 5 heteroatoms. The quantitative estimate of drug-likeness (QED) is 0.844. The molecule has 96 valence electrons. The van der Waals surface area contributed by atoms with E-state index in [1.165, 1.54) is 0 Å². The molecule has 19 heavy (non-hydrogen) atoms. The molecule has 1 aromatic heterocycles. The summed E-state index contributed by atoms with van der Waals surface area (Å²) in [5.74, 6) is 2.31. The number of rotatable bonds is 2. The summed E-state index contributed by atoms with van der Waals surface area (Å²) in [5.41, 5.74) is 1.07. The summed E-state index contributed by atoms with van der Waals surface area (Å²) in [6.07, 6.45) is -0.0356. The van der Waals surface area contributed by atoms with Gasteiger partial charge in [0.1, 0.15) is 6.10 Å². The fraction of sp³-hybridized carbons (Fsp3) is 0.214. The van der Waals surface area contributed by atoms with Gasteiger partial charge in [-0.25, -0.2) is 4.99 Å². The third-order valence-corrected chi connectivity index (χ3v) is 4.01. The van der Waals surface area contributed by atoms with Crippen molar-refractivity contribution in [2.45, 2.75) is 6.10 Å². The zero-order valence-electron chi connectivity index (χ0n) is 10.0.